The lowest BCUT2D eigenvalue weighted by molar-refractivity contribution is 0.103. The number of aromatic nitrogens is 1. The number of pyridine rings is 1. The molecule has 0 saturated carbocycles. The summed E-state index contributed by atoms with van der Waals surface area (Å²) in [5.41, 5.74) is 8.19. The zero-order valence-corrected chi connectivity index (χ0v) is 11.4. The molecule has 0 bridgehead atoms. The standard InChI is InChI=1S/C14H16N2OS/c1-3-9-11(4-2)18-14(15)12(9)13(17)10-7-5-6-8-16-10/h5-8H,3-4,15H2,1-2H3. The lowest BCUT2D eigenvalue weighted by Gasteiger charge is -2.03. The van der Waals surface area contributed by atoms with Crippen LogP contribution in [-0.2, 0) is 12.8 Å². The number of thiophene rings is 1. The Morgan fingerprint density at radius 3 is 2.67 bits per heavy atom. The number of aryl methyl sites for hydroxylation is 1. The molecule has 18 heavy (non-hydrogen) atoms. The fourth-order valence-corrected chi connectivity index (χ4v) is 3.16. The van der Waals surface area contributed by atoms with Crippen LogP contribution in [0.5, 0.6) is 0 Å². The molecular weight excluding hydrogens is 244 g/mol. The molecule has 2 rings (SSSR count). The molecule has 0 spiro atoms. The molecule has 2 heterocycles. The molecule has 0 aliphatic carbocycles. The van der Waals surface area contributed by atoms with Crippen LogP contribution in [0.1, 0.15) is 40.3 Å². The third-order valence-corrected chi connectivity index (χ3v) is 4.12. The lowest BCUT2D eigenvalue weighted by atomic mass is 10.0. The summed E-state index contributed by atoms with van der Waals surface area (Å²) in [6.45, 7) is 4.13. The third-order valence-electron chi connectivity index (χ3n) is 2.92. The van der Waals surface area contributed by atoms with Crippen LogP contribution in [-0.4, -0.2) is 10.8 Å². The summed E-state index contributed by atoms with van der Waals surface area (Å²) in [6.07, 6.45) is 3.36. The van der Waals surface area contributed by atoms with Gasteiger partial charge in [-0.1, -0.05) is 19.9 Å². The molecule has 2 N–H and O–H groups in total. The Kier molecular flexibility index (Phi) is 3.77. The maximum absolute atomic E-state index is 12.4. The highest BCUT2D eigenvalue weighted by atomic mass is 32.1. The molecule has 0 aromatic carbocycles. The molecule has 4 heteroatoms. The molecule has 2 aromatic heterocycles. The van der Waals surface area contributed by atoms with E-state index in [1.54, 1.807) is 18.3 Å². The van der Waals surface area contributed by atoms with Crippen molar-refractivity contribution in [2.24, 2.45) is 0 Å². The van der Waals surface area contributed by atoms with Gasteiger partial charge in [0.25, 0.3) is 0 Å². The number of nitrogens with zero attached hydrogens (tertiary/aromatic N) is 1. The van der Waals surface area contributed by atoms with Crippen molar-refractivity contribution in [2.75, 3.05) is 5.73 Å². The maximum Gasteiger partial charge on any atom is 0.214 e. The summed E-state index contributed by atoms with van der Waals surface area (Å²) < 4.78 is 0. The number of hydrogen-bond donors (Lipinski definition) is 1. The highest BCUT2D eigenvalue weighted by molar-refractivity contribution is 7.16. The van der Waals surface area contributed by atoms with Gasteiger partial charge < -0.3 is 5.73 Å². The van der Waals surface area contributed by atoms with Crippen molar-refractivity contribution < 1.29 is 4.79 Å². The number of carbonyl (C=O) groups excluding carboxylic acids is 1. The SMILES string of the molecule is CCc1sc(N)c(C(=O)c2ccccn2)c1CC. The van der Waals surface area contributed by atoms with Crippen LogP contribution < -0.4 is 5.73 Å². The van der Waals surface area contributed by atoms with Crippen LogP contribution in [0.15, 0.2) is 24.4 Å². The Bertz CT molecular complexity index is 561. The Balaban J connectivity index is 2.51. The van der Waals surface area contributed by atoms with E-state index < -0.39 is 0 Å². The number of rotatable bonds is 4. The van der Waals surface area contributed by atoms with E-state index in [4.69, 9.17) is 5.73 Å². The van der Waals surface area contributed by atoms with E-state index in [1.165, 1.54) is 16.2 Å². The quantitative estimate of drug-likeness (QED) is 0.859. The minimum Gasteiger partial charge on any atom is -0.390 e. The lowest BCUT2D eigenvalue weighted by Crippen LogP contribution is -2.07. The molecule has 2 aromatic rings. The predicted octanol–water partition coefficient (Wildman–Crippen LogP) is 3.08. The van der Waals surface area contributed by atoms with Gasteiger partial charge in [0.05, 0.1) is 10.6 Å². The molecule has 0 radical (unpaired) electrons. The third kappa shape index (κ3) is 2.16. The normalized spacial score (nSPS) is 10.6. The van der Waals surface area contributed by atoms with Crippen LogP contribution in [0.4, 0.5) is 5.00 Å². The van der Waals surface area contributed by atoms with Crippen molar-refractivity contribution in [3.63, 3.8) is 0 Å². The number of nitrogen functional groups attached to an aromatic ring is 1. The molecule has 0 amide bonds. The van der Waals surface area contributed by atoms with Gasteiger partial charge >= 0.3 is 0 Å². The summed E-state index contributed by atoms with van der Waals surface area (Å²) in [4.78, 5) is 17.7. The molecule has 3 nitrogen and oxygen atoms in total. The van der Waals surface area contributed by atoms with Gasteiger partial charge in [0, 0.05) is 11.1 Å². The number of carbonyl (C=O) groups is 1. The topological polar surface area (TPSA) is 56.0 Å². The van der Waals surface area contributed by atoms with Crippen molar-refractivity contribution >= 4 is 22.1 Å². The van der Waals surface area contributed by atoms with E-state index in [0.29, 0.717) is 16.3 Å². The van der Waals surface area contributed by atoms with E-state index in [1.807, 2.05) is 6.07 Å². The van der Waals surface area contributed by atoms with Crippen molar-refractivity contribution in [1.82, 2.24) is 4.98 Å². The first-order valence-electron chi connectivity index (χ1n) is 6.04. The van der Waals surface area contributed by atoms with Gasteiger partial charge in [-0.2, -0.15) is 0 Å². The molecule has 0 atom stereocenters. The molecule has 0 aliphatic heterocycles. The second kappa shape index (κ2) is 5.31. The van der Waals surface area contributed by atoms with Gasteiger partial charge in [0.2, 0.25) is 5.78 Å². The Morgan fingerprint density at radius 2 is 2.11 bits per heavy atom. The molecular formula is C14H16N2OS. The van der Waals surface area contributed by atoms with E-state index >= 15 is 0 Å². The van der Waals surface area contributed by atoms with Gasteiger partial charge in [-0.05, 0) is 30.5 Å². The predicted molar refractivity (Wildman–Crippen MR) is 75.2 cm³/mol. The van der Waals surface area contributed by atoms with Crippen molar-refractivity contribution in [2.45, 2.75) is 26.7 Å². The minimum absolute atomic E-state index is 0.0686. The highest BCUT2D eigenvalue weighted by Gasteiger charge is 2.22. The monoisotopic (exact) mass is 260 g/mol. The summed E-state index contributed by atoms with van der Waals surface area (Å²) in [7, 11) is 0. The molecule has 0 aliphatic rings. The highest BCUT2D eigenvalue weighted by Crippen LogP contribution is 2.33. The summed E-state index contributed by atoms with van der Waals surface area (Å²) in [5.74, 6) is -0.0686. The van der Waals surface area contributed by atoms with Gasteiger partial charge in [-0.15, -0.1) is 11.3 Å². The summed E-state index contributed by atoms with van der Waals surface area (Å²) in [6, 6.07) is 5.34. The summed E-state index contributed by atoms with van der Waals surface area (Å²) >= 11 is 1.52. The second-order valence-corrected chi connectivity index (χ2v) is 5.13. The summed E-state index contributed by atoms with van der Waals surface area (Å²) in [5, 5.41) is 0.611. The van der Waals surface area contributed by atoms with Crippen LogP contribution >= 0.6 is 11.3 Å². The fraction of sp³-hybridized carbons (Fsp3) is 0.286. The van der Waals surface area contributed by atoms with E-state index in [2.05, 4.69) is 18.8 Å². The molecule has 0 saturated heterocycles. The smallest absolute Gasteiger partial charge is 0.214 e. The van der Waals surface area contributed by atoms with E-state index in [9.17, 15) is 4.79 Å². The average Bonchev–Trinajstić information content (AvgIpc) is 2.74. The van der Waals surface area contributed by atoms with Crippen molar-refractivity contribution in [3.8, 4) is 0 Å². The fourth-order valence-electron chi connectivity index (χ4n) is 2.07. The Labute approximate surface area is 111 Å². The van der Waals surface area contributed by atoms with Crippen LogP contribution in [0.3, 0.4) is 0 Å². The molecule has 94 valence electrons. The zero-order chi connectivity index (χ0) is 13.1. The largest absolute Gasteiger partial charge is 0.390 e. The van der Waals surface area contributed by atoms with Gasteiger partial charge in [0.15, 0.2) is 0 Å². The van der Waals surface area contributed by atoms with Gasteiger partial charge in [0.1, 0.15) is 5.69 Å². The first-order valence-corrected chi connectivity index (χ1v) is 6.86. The molecule has 0 unspecified atom stereocenters. The first kappa shape index (κ1) is 12.8. The number of nitrogens with two attached hydrogens (primary N) is 1. The van der Waals surface area contributed by atoms with Crippen molar-refractivity contribution in [1.29, 1.82) is 0 Å². The van der Waals surface area contributed by atoms with Gasteiger partial charge in [-0.25, -0.2) is 0 Å². The van der Waals surface area contributed by atoms with Crippen molar-refractivity contribution in [3.05, 3.63) is 46.1 Å². The van der Waals surface area contributed by atoms with Crippen LogP contribution in [0, 0.1) is 0 Å². The first-order chi connectivity index (χ1) is 8.69. The molecule has 0 fully saturated rings. The van der Waals surface area contributed by atoms with Gasteiger partial charge in [-0.3, -0.25) is 9.78 Å². The Morgan fingerprint density at radius 1 is 1.33 bits per heavy atom. The van der Waals surface area contributed by atoms with Crippen LogP contribution in [0.25, 0.3) is 0 Å². The van der Waals surface area contributed by atoms with E-state index in [-0.39, 0.29) is 5.78 Å². The zero-order valence-electron chi connectivity index (χ0n) is 10.6. The Hall–Kier alpha value is -1.68. The van der Waals surface area contributed by atoms with E-state index in [0.717, 1.165) is 18.4 Å². The number of hydrogen-bond acceptors (Lipinski definition) is 4. The average molecular weight is 260 g/mol. The second-order valence-electron chi connectivity index (χ2n) is 3.99. The maximum atomic E-state index is 12.4. The van der Waals surface area contributed by atoms with Crippen LogP contribution in [0.2, 0.25) is 0 Å². The number of anilines is 1. The minimum atomic E-state index is -0.0686. The number of ketones is 1.